The van der Waals surface area contributed by atoms with Crippen molar-refractivity contribution in [1.82, 2.24) is 14.7 Å². The molecular weight excluding hydrogens is 464 g/mol. The number of carbonyl (C=O) groups excluding carboxylic acids is 2. The molecule has 2 aromatic rings. The van der Waals surface area contributed by atoms with E-state index in [1.807, 2.05) is 30.0 Å². The fourth-order valence-electron chi connectivity index (χ4n) is 5.37. The Labute approximate surface area is 209 Å². The summed E-state index contributed by atoms with van der Waals surface area (Å²) in [5.41, 5.74) is 9.47. The molecule has 2 amide bonds. The lowest BCUT2D eigenvalue weighted by molar-refractivity contribution is -0.135. The molecule has 0 unspecified atom stereocenters. The SMILES string of the molecule is Cc1c(C=C2CCN(C(=O)C3CCCC3)CC2)cccc1-c1nn(C2CC2)c(=O)c(Cl)c1C(N)=O. The molecule has 2 N–H and O–H groups in total. The summed E-state index contributed by atoms with van der Waals surface area (Å²) in [6.07, 6.45) is 10.0. The van der Waals surface area contributed by atoms with Crippen molar-refractivity contribution in [3.05, 3.63) is 55.8 Å². The zero-order valence-corrected chi connectivity index (χ0v) is 20.8. The second-order valence-corrected chi connectivity index (χ2v) is 10.4. The van der Waals surface area contributed by atoms with Gasteiger partial charge >= 0.3 is 0 Å². The number of piperidine rings is 1. The molecule has 2 saturated carbocycles. The summed E-state index contributed by atoms with van der Waals surface area (Å²) in [6.45, 7) is 3.50. The summed E-state index contributed by atoms with van der Waals surface area (Å²) in [5.74, 6) is -0.218. The molecular formula is C27H31ClN4O3. The summed E-state index contributed by atoms with van der Waals surface area (Å²) < 4.78 is 1.39. The summed E-state index contributed by atoms with van der Waals surface area (Å²) in [7, 11) is 0. The highest BCUT2D eigenvalue weighted by molar-refractivity contribution is 6.34. The molecule has 2 heterocycles. The number of aromatic nitrogens is 2. The van der Waals surface area contributed by atoms with Crippen LogP contribution in [0.15, 0.2) is 28.6 Å². The highest BCUT2D eigenvalue weighted by atomic mass is 35.5. The molecule has 0 radical (unpaired) electrons. The maximum atomic E-state index is 12.8. The van der Waals surface area contributed by atoms with Gasteiger partial charge in [-0.15, -0.1) is 0 Å². The van der Waals surface area contributed by atoms with Gasteiger partial charge in [0.05, 0.1) is 11.6 Å². The number of halogens is 1. The lowest BCUT2D eigenvalue weighted by Gasteiger charge is -2.30. The highest BCUT2D eigenvalue weighted by Gasteiger charge is 2.31. The summed E-state index contributed by atoms with van der Waals surface area (Å²) in [4.78, 5) is 39.7. The van der Waals surface area contributed by atoms with E-state index >= 15 is 0 Å². The van der Waals surface area contributed by atoms with Gasteiger partial charge in [-0.05, 0) is 56.6 Å². The smallest absolute Gasteiger partial charge is 0.286 e. The molecule has 1 aromatic heterocycles. The third kappa shape index (κ3) is 4.66. The van der Waals surface area contributed by atoms with Gasteiger partial charge in [0.1, 0.15) is 10.7 Å². The average molecular weight is 495 g/mol. The van der Waals surface area contributed by atoms with E-state index in [1.165, 1.54) is 23.1 Å². The van der Waals surface area contributed by atoms with Crippen molar-refractivity contribution in [1.29, 1.82) is 0 Å². The summed E-state index contributed by atoms with van der Waals surface area (Å²) in [5, 5.41) is 4.39. The highest BCUT2D eigenvalue weighted by Crippen LogP contribution is 2.36. The molecule has 7 nitrogen and oxygen atoms in total. The monoisotopic (exact) mass is 494 g/mol. The minimum atomic E-state index is -0.764. The molecule has 8 heteroatoms. The van der Waals surface area contributed by atoms with E-state index < -0.39 is 11.5 Å². The molecule has 3 fully saturated rings. The maximum Gasteiger partial charge on any atom is 0.286 e. The van der Waals surface area contributed by atoms with Crippen LogP contribution in [0.3, 0.4) is 0 Å². The van der Waals surface area contributed by atoms with E-state index in [2.05, 4.69) is 11.2 Å². The third-order valence-electron chi connectivity index (χ3n) is 7.61. The Kier molecular flexibility index (Phi) is 6.53. The Morgan fingerprint density at radius 1 is 1.11 bits per heavy atom. The molecule has 5 rings (SSSR count). The van der Waals surface area contributed by atoms with Crippen LogP contribution in [0.2, 0.25) is 5.02 Å². The molecule has 35 heavy (non-hydrogen) atoms. The first-order valence-corrected chi connectivity index (χ1v) is 12.9. The van der Waals surface area contributed by atoms with Gasteiger partial charge in [-0.25, -0.2) is 4.68 Å². The first-order valence-electron chi connectivity index (χ1n) is 12.6. The number of benzene rings is 1. The first kappa shape index (κ1) is 23.8. The Balaban J connectivity index is 1.43. The van der Waals surface area contributed by atoms with Crippen LogP contribution >= 0.6 is 11.6 Å². The Morgan fingerprint density at radius 2 is 1.80 bits per heavy atom. The Bertz CT molecular complexity index is 1260. The molecule has 0 atom stereocenters. The number of carbonyl (C=O) groups is 2. The van der Waals surface area contributed by atoms with Crippen LogP contribution in [0.25, 0.3) is 17.3 Å². The van der Waals surface area contributed by atoms with E-state index in [1.54, 1.807) is 0 Å². The number of hydrogen-bond acceptors (Lipinski definition) is 4. The maximum absolute atomic E-state index is 12.8. The zero-order chi connectivity index (χ0) is 24.7. The quantitative estimate of drug-likeness (QED) is 0.661. The third-order valence-corrected chi connectivity index (χ3v) is 7.96. The van der Waals surface area contributed by atoms with Crippen molar-refractivity contribution in [2.75, 3.05) is 13.1 Å². The van der Waals surface area contributed by atoms with Crippen molar-refractivity contribution >= 4 is 29.5 Å². The minimum absolute atomic E-state index is 0.0170. The molecule has 3 aliphatic rings. The van der Waals surface area contributed by atoms with Crippen LogP contribution in [-0.2, 0) is 4.79 Å². The molecule has 1 aromatic carbocycles. The molecule has 184 valence electrons. The Morgan fingerprint density at radius 3 is 2.43 bits per heavy atom. The number of amides is 2. The van der Waals surface area contributed by atoms with Gasteiger partial charge in [-0.2, -0.15) is 5.10 Å². The summed E-state index contributed by atoms with van der Waals surface area (Å²) in [6, 6.07) is 5.85. The van der Waals surface area contributed by atoms with E-state index in [-0.39, 0.29) is 22.5 Å². The van der Waals surface area contributed by atoms with Crippen molar-refractivity contribution in [3.63, 3.8) is 0 Å². The van der Waals surface area contributed by atoms with Crippen LogP contribution in [-0.4, -0.2) is 39.6 Å². The minimum Gasteiger partial charge on any atom is -0.365 e. The van der Waals surface area contributed by atoms with Gasteiger partial charge in [0.15, 0.2) is 0 Å². The van der Waals surface area contributed by atoms with E-state index in [0.29, 0.717) is 11.6 Å². The predicted molar refractivity (Wildman–Crippen MR) is 136 cm³/mol. The van der Waals surface area contributed by atoms with Crippen LogP contribution in [0.4, 0.5) is 0 Å². The van der Waals surface area contributed by atoms with Crippen molar-refractivity contribution in [2.24, 2.45) is 11.7 Å². The number of primary amides is 1. The lowest BCUT2D eigenvalue weighted by Crippen LogP contribution is -2.39. The molecule has 1 saturated heterocycles. The van der Waals surface area contributed by atoms with Crippen molar-refractivity contribution < 1.29 is 9.59 Å². The van der Waals surface area contributed by atoms with Crippen molar-refractivity contribution in [2.45, 2.75) is 64.3 Å². The van der Waals surface area contributed by atoms with Crippen LogP contribution in [0.1, 0.15) is 78.9 Å². The number of nitrogens with zero attached hydrogens (tertiary/aromatic N) is 3. The average Bonchev–Trinajstić information content (AvgIpc) is 3.54. The van der Waals surface area contributed by atoms with Crippen molar-refractivity contribution in [3.8, 4) is 11.3 Å². The first-order chi connectivity index (χ1) is 16.8. The van der Waals surface area contributed by atoms with Gasteiger partial charge in [0.2, 0.25) is 5.91 Å². The largest absolute Gasteiger partial charge is 0.365 e. The molecule has 1 aliphatic heterocycles. The van der Waals surface area contributed by atoms with E-state index in [9.17, 15) is 14.4 Å². The van der Waals surface area contributed by atoms with Crippen LogP contribution in [0.5, 0.6) is 0 Å². The van der Waals surface area contributed by atoms with E-state index in [0.717, 1.165) is 68.3 Å². The van der Waals surface area contributed by atoms with E-state index in [4.69, 9.17) is 17.3 Å². The standard InChI is InChI=1S/C27H31ClN4O3/c1-16-19(15-17-11-13-31(14-12-17)26(34)18-5-2-3-6-18)7-4-8-21(16)24-22(25(29)33)23(28)27(35)32(30-24)20-9-10-20/h4,7-8,15,18,20H,2-3,5-6,9-14H2,1H3,(H2,29,33). The second-order valence-electron chi connectivity index (χ2n) is 10.0. The predicted octanol–water partition coefficient (Wildman–Crippen LogP) is 4.50. The topological polar surface area (TPSA) is 98.3 Å². The van der Waals surface area contributed by atoms with Crippen LogP contribution in [0, 0.1) is 12.8 Å². The van der Waals surface area contributed by atoms with Gasteiger partial charge < -0.3 is 10.6 Å². The summed E-state index contributed by atoms with van der Waals surface area (Å²) >= 11 is 6.34. The van der Waals surface area contributed by atoms with Crippen LogP contribution < -0.4 is 11.3 Å². The van der Waals surface area contributed by atoms with Gasteiger partial charge in [-0.3, -0.25) is 14.4 Å². The Hall–Kier alpha value is -2.93. The number of nitrogens with two attached hydrogens (primary N) is 1. The molecule has 0 bridgehead atoms. The molecule has 0 spiro atoms. The fourth-order valence-corrected chi connectivity index (χ4v) is 5.64. The zero-order valence-electron chi connectivity index (χ0n) is 20.1. The lowest BCUT2D eigenvalue weighted by atomic mass is 9.93. The van der Waals surface area contributed by atoms with Gasteiger partial charge in [0, 0.05) is 24.6 Å². The van der Waals surface area contributed by atoms with Gasteiger partial charge in [-0.1, -0.05) is 54.3 Å². The number of hydrogen-bond donors (Lipinski definition) is 1. The van der Waals surface area contributed by atoms with Gasteiger partial charge in [0.25, 0.3) is 11.5 Å². The number of likely N-dealkylation sites (tertiary alicyclic amines) is 1. The normalized spacial score (nSPS) is 18.7. The molecule has 2 aliphatic carbocycles. The second kappa shape index (κ2) is 9.61. The fraction of sp³-hybridized carbons (Fsp3) is 0.481. The number of rotatable bonds is 5.